The lowest BCUT2D eigenvalue weighted by Gasteiger charge is -2.35. The summed E-state index contributed by atoms with van der Waals surface area (Å²) in [6.07, 6.45) is 27.0. The molecule has 5 saturated heterocycles. The molecule has 5 aliphatic heterocycles. The second-order valence-electron chi connectivity index (χ2n) is 27.2. The van der Waals surface area contributed by atoms with Crippen LogP contribution >= 0.6 is 15.9 Å². The van der Waals surface area contributed by atoms with Gasteiger partial charge in [0.05, 0.1) is 96.9 Å². The number of methoxy groups -OCH3 is 3. The monoisotopic (exact) mass is 1490 g/mol. The minimum Gasteiger partial charge on any atom is -0.481 e. The molecule has 12 aromatic heterocycles. The zero-order valence-corrected chi connectivity index (χ0v) is 61.8. The summed E-state index contributed by atoms with van der Waals surface area (Å²) in [4.78, 5) is 46.4. The molecular formula is C80H82BrN23O3. The Labute approximate surface area is 629 Å². The van der Waals surface area contributed by atoms with Crippen LogP contribution in [0.15, 0.2) is 170 Å². The number of halogens is 1. The number of nitriles is 3. The molecule has 0 amide bonds. The minimum absolute atomic E-state index is 0.546. The molecule has 0 unspecified atom stereocenters. The first-order valence-electron chi connectivity index (χ1n) is 36.3. The van der Waals surface area contributed by atoms with Gasteiger partial charge >= 0.3 is 0 Å². The molecular weight excluding hydrogens is 1410 g/mol. The molecule has 0 aliphatic carbocycles. The van der Waals surface area contributed by atoms with Gasteiger partial charge in [0.2, 0.25) is 17.6 Å². The van der Waals surface area contributed by atoms with Gasteiger partial charge in [-0.15, -0.1) is 0 Å². The Kier molecular flexibility index (Phi) is 21.6. The first-order valence-corrected chi connectivity index (χ1v) is 37.0. The van der Waals surface area contributed by atoms with Crippen LogP contribution in [-0.2, 0) is 19.6 Å². The highest BCUT2D eigenvalue weighted by Crippen LogP contribution is 2.37. The number of hydrogen-bond donors (Lipinski definition) is 0. The third kappa shape index (κ3) is 16.1. The molecule has 17 rings (SSSR count). The quantitative estimate of drug-likeness (QED) is 0.0821. The van der Waals surface area contributed by atoms with Gasteiger partial charge in [-0.05, 0) is 113 Å². The number of fused-ring (bicyclic) bond motifs is 3. The SMILES string of the molecule is COc1ccc(CN2CCN(c3ccc(-c4cc(Br)cn5ncc(C#N)c45)cn3)CC2)cn1.COc1ccc(CN2CCN(c3ccc(-c4cc(N5CCCC5)cn5ncc(C#N)c45)cn3)CC2)cn1.COc1ccc(CN2CCN(c3ccc(-c4cc(N5CCCC5)cn5ncc(C#N)c45)cn3)CC2)cn1. The van der Waals surface area contributed by atoms with Gasteiger partial charge in [0.25, 0.3) is 0 Å². The van der Waals surface area contributed by atoms with Gasteiger partial charge < -0.3 is 38.7 Å². The second-order valence-corrected chi connectivity index (χ2v) is 28.1. The van der Waals surface area contributed by atoms with E-state index in [1.807, 2.05) is 89.1 Å². The third-order valence-corrected chi connectivity index (χ3v) is 21.0. The highest BCUT2D eigenvalue weighted by molar-refractivity contribution is 9.10. The van der Waals surface area contributed by atoms with Crippen LogP contribution in [0.5, 0.6) is 17.6 Å². The molecule has 542 valence electrons. The molecule has 26 nitrogen and oxygen atoms in total. The van der Waals surface area contributed by atoms with E-state index in [9.17, 15) is 15.8 Å². The molecule has 5 aliphatic rings. The van der Waals surface area contributed by atoms with Crippen LogP contribution in [0, 0.1) is 34.0 Å². The Balaban J connectivity index is 0.000000129. The molecule has 0 bridgehead atoms. The molecule has 0 radical (unpaired) electrons. The van der Waals surface area contributed by atoms with Crippen LogP contribution < -0.4 is 38.7 Å². The van der Waals surface area contributed by atoms with Crippen molar-refractivity contribution in [3.63, 3.8) is 0 Å². The number of ether oxygens (including phenoxy) is 3. The highest BCUT2D eigenvalue weighted by Gasteiger charge is 2.26. The van der Waals surface area contributed by atoms with Gasteiger partial charge in [0.1, 0.15) is 35.7 Å². The van der Waals surface area contributed by atoms with Crippen LogP contribution in [0.3, 0.4) is 0 Å². The number of aromatic nitrogens is 12. The fourth-order valence-electron chi connectivity index (χ4n) is 14.8. The Hall–Kier alpha value is -11.8. The molecule has 12 aromatic rings. The van der Waals surface area contributed by atoms with Crippen molar-refractivity contribution >= 4 is 61.3 Å². The van der Waals surface area contributed by atoms with Crippen LogP contribution in [-0.4, -0.2) is 199 Å². The van der Waals surface area contributed by atoms with Gasteiger partial charge in [0.15, 0.2) is 0 Å². The smallest absolute Gasteiger partial charge is 0.212 e. The van der Waals surface area contributed by atoms with E-state index in [1.165, 1.54) is 42.4 Å². The lowest BCUT2D eigenvalue weighted by atomic mass is 10.0. The summed E-state index contributed by atoms with van der Waals surface area (Å²) in [6, 6.07) is 37.7. The number of piperazine rings is 3. The van der Waals surface area contributed by atoms with E-state index in [-0.39, 0.29) is 0 Å². The fourth-order valence-corrected chi connectivity index (χ4v) is 15.2. The predicted molar refractivity (Wildman–Crippen MR) is 415 cm³/mol. The van der Waals surface area contributed by atoms with Crippen molar-refractivity contribution in [2.45, 2.75) is 45.3 Å². The van der Waals surface area contributed by atoms with Crippen molar-refractivity contribution in [1.29, 1.82) is 15.8 Å². The van der Waals surface area contributed by atoms with Crippen LogP contribution in [0.25, 0.3) is 49.9 Å². The zero-order valence-electron chi connectivity index (χ0n) is 60.2. The molecule has 27 heteroatoms. The Morgan fingerprint density at radius 3 is 0.944 bits per heavy atom. The van der Waals surface area contributed by atoms with Crippen LogP contribution in [0.1, 0.15) is 59.1 Å². The normalized spacial score (nSPS) is 15.7. The van der Waals surface area contributed by atoms with E-state index < -0.39 is 0 Å². The first kappa shape index (κ1) is 70.8. The van der Waals surface area contributed by atoms with E-state index in [4.69, 9.17) is 29.2 Å². The lowest BCUT2D eigenvalue weighted by Crippen LogP contribution is -2.46. The average Bonchev–Trinajstić information content (AvgIpc) is 1.69. The minimum atomic E-state index is 0.546. The Morgan fingerprint density at radius 1 is 0.346 bits per heavy atom. The zero-order chi connectivity index (χ0) is 73.2. The van der Waals surface area contributed by atoms with Crippen molar-refractivity contribution in [3.05, 3.63) is 203 Å². The molecule has 0 N–H and O–H groups in total. The van der Waals surface area contributed by atoms with Crippen LogP contribution in [0.2, 0.25) is 0 Å². The average molecular weight is 1490 g/mol. The maximum atomic E-state index is 9.68. The van der Waals surface area contributed by atoms with E-state index in [0.717, 1.165) is 208 Å². The number of rotatable bonds is 17. The topological polar surface area (TPSA) is 254 Å². The molecule has 17 heterocycles. The van der Waals surface area contributed by atoms with Crippen molar-refractivity contribution in [2.75, 3.05) is 151 Å². The summed E-state index contributed by atoms with van der Waals surface area (Å²) in [7, 11) is 4.90. The summed E-state index contributed by atoms with van der Waals surface area (Å²) >= 11 is 3.54. The summed E-state index contributed by atoms with van der Waals surface area (Å²) in [5, 5.41) is 42.1. The summed E-state index contributed by atoms with van der Waals surface area (Å²) < 4.78 is 21.7. The Bertz CT molecular complexity index is 4930. The number of nitrogens with zero attached hydrogens (tertiary/aromatic N) is 23. The molecule has 0 spiro atoms. The number of pyridine rings is 9. The summed E-state index contributed by atoms with van der Waals surface area (Å²) in [5.74, 6) is 4.85. The van der Waals surface area contributed by atoms with Gasteiger partial charge in [0, 0.05) is 224 Å². The summed E-state index contributed by atoms with van der Waals surface area (Å²) in [6.45, 7) is 18.2. The lowest BCUT2D eigenvalue weighted by molar-refractivity contribution is 0.249. The Morgan fingerprint density at radius 2 is 0.664 bits per heavy atom. The van der Waals surface area contributed by atoms with Crippen molar-refractivity contribution < 1.29 is 14.2 Å². The van der Waals surface area contributed by atoms with Crippen molar-refractivity contribution in [1.82, 2.24) is 73.4 Å². The highest BCUT2D eigenvalue weighted by atomic mass is 79.9. The standard InChI is InChI=1S/2C28H30N8O.C24H22BrN7O/c2*1-37-27-7-4-21(16-31-27)19-33-10-12-35(13-11-33)26-6-5-22(17-30-26)25-14-24(34-8-2-3-9-34)20-36-28(25)23(15-29)18-32-36;1-33-23-5-2-17(12-28-23)15-30-6-8-31(9-7-30)22-4-3-18(13-27-22)21-10-20(25)16-32-24(21)19(11-26)14-29-32/h2*4-7,14,16-18,20H,2-3,8-13,19H2,1H3;2-5,10,12-14,16H,6-9,15H2,1H3. The van der Waals surface area contributed by atoms with Gasteiger partial charge in [-0.1, -0.05) is 18.2 Å². The maximum Gasteiger partial charge on any atom is 0.212 e. The third-order valence-electron chi connectivity index (χ3n) is 20.6. The molecule has 0 aromatic carbocycles. The first-order chi connectivity index (χ1) is 52.6. The van der Waals surface area contributed by atoms with Crippen molar-refractivity contribution in [2.24, 2.45) is 0 Å². The van der Waals surface area contributed by atoms with Crippen LogP contribution in [0.4, 0.5) is 28.8 Å². The fraction of sp³-hybridized carbons (Fsp3) is 0.325. The molecule has 107 heavy (non-hydrogen) atoms. The van der Waals surface area contributed by atoms with Gasteiger partial charge in [-0.25, -0.2) is 43.5 Å². The second kappa shape index (κ2) is 32.7. The van der Waals surface area contributed by atoms with Gasteiger partial charge in [-0.2, -0.15) is 31.1 Å². The van der Waals surface area contributed by atoms with E-state index in [0.29, 0.717) is 34.3 Å². The largest absolute Gasteiger partial charge is 0.481 e. The van der Waals surface area contributed by atoms with E-state index >= 15 is 0 Å². The van der Waals surface area contributed by atoms with Crippen molar-refractivity contribution in [3.8, 4) is 69.2 Å². The van der Waals surface area contributed by atoms with E-state index in [1.54, 1.807) is 44.4 Å². The summed E-state index contributed by atoms with van der Waals surface area (Å²) in [5.41, 5.74) is 15.9. The number of hydrogen-bond acceptors (Lipinski definition) is 23. The predicted octanol–water partition coefficient (Wildman–Crippen LogP) is 10.9. The van der Waals surface area contributed by atoms with Gasteiger partial charge in [-0.3, -0.25) is 14.7 Å². The maximum absolute atomic E-state index is 9.68. The van der Waals surface area contributed by atoms with E-state index in [2.05, 4.69) is 170 Å². The number of anilines is 5. The molecule has 5 fully saturated rings. The molecule has 0 atom stereocenters. The molecule has 0 saturated carbocycles.